The van der Waals surface area contributed by atoms with Crippen molar-refractivity contribution in [2.75, 3.05) is 0 Å². The number of nitrogens with two attached hydrogens (primary N) is 1. The number of hydrazone groups is 1. The van der Waals surface area contributed by atoms with Gasteiger partial charge in [0.25, 0.3) is 0 Å². The Balaban J connectivity index is 1.82. The predicted octanol–water partition coefficient (Wildman–Crippen LogP) is 2.66. The molecule has 0 atom stereocenters. The third-order valence-electron chi connectivity index (χ3n) is 2.96. The van der Waals surface area contributed by atoms with Gasteiger partial charge in [-0.3, -0.25) is 5.43 Å². The lowest BCUT2D eigenvalue weighted by Gasteiger charge is -2.02. The van der Waals surface area contributed by atoms with Crippen molar-refractivity contribution >= 4 is 34.6 Å². The predicted molar refractivity (Wildman–Crippen MR) is 87.0 cm³/mol. The minimum absolute atomic E-state index is 0.142. The van der Waals surface area contributed by atoms with E-state index in [9.17, 15) is 0 Å². The van der Waals surface area contributed by atoms with Crippen LogP contribution in [0.2, 0.25) is 0 Å². The number of hydrogen-bond acceptors (Lipinski definition) is 4. The quantitative estimate of drug-likeness (QED) is 0.441. The van der Waals surface area contributed by atoms with E-state index in [1.165, 1.54) is 6.39 Å². The molecule has 104 valence electrons. The Morgan fingerprint density at radius 1 is 1.19 bits per heavy atom. The fraction of sp³-hybridized carbons (Fsp3) is 0. The number of fused-ring (bicyclic) bond motifs is 1. The molecule has 0 saturated heterocycles. The number of rotatable bonds is 3. The molecule has 2 aromatic carbocycles. The van der Waals surface area contributed by atoms with Crippen molar-refractivity contribution in [3.8, 4) is 11.1 Å². The van der Waals surface area contributed by atoms with Gasteiger partial charge < -0.3 is 10.2 Å². The van der Waals surface area contributed by atoms with Crippen molar-refractivity contribution in [3.63, 3.8) is 0 Å². The van der Waals surface area contributed by atoms with Crippen LogP contribution in [0.3, 0.4) is 0 Å². The molecule has 1 heterocycles. The van der Waals surface area contributed by atoms with Crippen LogP contribution in [0.1, 0.15) is 5.56 Å². The Kier molecular flexibility index (Phi) is 3.61. The molecule has 3 N–H and O–H groups in total. The number of nitrogens with one attached hydrogen (secondary N) is 1. The Morgan fingerprint density at radius 3 is 2.71 bits per heavy atom. The second-order valence-corrected chi connectivity index (χ2v) is 4.83. The van der Waals surface area contributed by atoms with Gasteiger partial charge in [0.05, 0.1) is 6.21 Å². The molecule has 0 unspecified atom stereocenters. The highest BCUT2D eigenvalue weighted by atomic mass is 32.1. The summed E-state index contributed by atoms with van der Waals surface area (Å²) in [6.45, 7) is 0. The van der Waals surface area contributed by atoms with E-state index in [1.807, 2.05) is 42.5 Å². The highest BCUT2D eigenvalue weighted by Crippen LogP contribution is 2.23. The van der Waals surface area contributed by atoms with Crippen LogP contribution >= 0.6 is 12.2 Å². The molecule has 5 nitrogen and oxygen atoms in total. The van der Waals surface area contributed by atoms with Gasteiger partial charge in [0.2, 0.25) is 0 Å². The number of thiocarbonyl (C=S) groups is 1. The Labute approximate surface area is 126 Å². The van der Waals surface area contributed by atoms with Crippen LogP contribution in [0.5, 0.6) is 0 Å². The van der Waals surface area contributed by atoms with Crippen LogP contribution in [-0.4, -0.2) is 16.3 Å². The van der Waals surface area contributed by atoms with Gasteiger partial charge in [-0.2, -0.15) is 5.10 Å². The molecule has 21 heavy (non-hydrogen) atoms. The largest absolute Gasteiger partial charge is 0.443 e. The Hall–Kier alpha value is -2.73. The molecule has 1 aromatic heterocycles. The summed E-state index contributed by atoms with van der Waals surface area (Å²) in [6, 6.07) is 13.9. The highest BCUT2D eigenvalue weighted by Gasteiger charge is 2.02. The fourth-order valence-electron chi connectivity index (χ4n) is 1.97. The summed E-state index contributed by atoms with van der Waals surface area (Å²) >= 11 is 4.67. The summed E-state index contributed by atoms with van der Waals surface area (Å²) in [5, 5.41) is 4.06. The van der Waals surface area contributed by atoms with Crippen LogP contribution < -0.4 is 11.2 Å². The molecule has 0 radical (unpaired) electrons. The Bertz CT molecular complexity index is 808. The second-order valence-electron chi connectivity index (χ2n) is 4.39. The summed E-state index contributed by atoms with van der Waals surface area (Å²) in [4.78, 5) is 4.16. The van der Waals surface area contributed by atoms with Crippen LogP contribution in [0.25, 0.3) is 22.2 Å². The van der Waals surface area contributed by atoms with E-state index in [4.69, 9.17) is 10.2 Å². The van der Waals surface area contributed by atoms with E-state index in [0.717, 1.165) is 27.8 Å². The lowest BCUT2D eigenvalue weighted by molar-refractivity contribution is 0.602. The van der Waals surface area contributed by atoms with Crippen molar-refractivity contribution in [3.05, 3.63) is 54.4 Å². The molecule has 0 spiro atoms. The van der Waals surface area contributed by atoms with Gasteiger partial charge >= 0.3 is 0 Å². The molecule has 0 amide bonds. The number of nitrogens with zero attached hydrogens (tertiary/aromatic N) is 2. The standard InChI is InChI=1S/C15H12N4OS/c16-15(21)19-18-8-10-1-3-11(4-2-10)12-5-6-14-13(7-12)17-9-20-14/h1-9H,(H3,16,19,21). The van der Waals surface area contributed by atoms with Gasteiger partial charge in [0.15, 0.2) is 17.1 Å². The molecule has 0 aliphatic rings. The second kappa shape index (κ2) is 5.72. The van der Waals surface area contributed by atoms with Crippen molar-refractivity contribution < 1.29 is 4.42 Å². The summed E-state index contributed by atoms with van der Waals surface area (Å²) in [7, 11) is 0. The van der Waals surface area contributed by atoms with E-state index in [-0.39, 0.29) is 5.11 Å². The van der Waals surface area contributed by atoms with Crippen LogP contribution in [0.15, 0.2) is 58.4 Å². The van der Waals surface area contributed by atoms with Gasteiger partial charge in [0.1, 0.15) is 5.52 Å². The van der Waals surface area contributed by atoms with E-state index in [0.29, 0.717) is 0 Å². The van der Waals surface area contributed by atoms with E-state index in [2.05, 4.69) is 27.7 Å². The van der Waals surface area contributed by atoms with Gasteiger partial charge in [0, 0.05) is 0 Å². The molecular weight excluding hydrogens is 284 g/mol. The number of hydrogen-bond donors (Lipinski definition) is 2. The van der Waals surface area contributed by atoms with Gasteiger partial charge in [-0.15, -0.1) is 0 Å². The smallest absolute Gasteiger partial charge is 0.184 e. The van der Waals surface area contributed by atoms with Crippen molar-refractivity contribution in [1.82, 2.24) is 10.4 Å². The average Bonchev–Trinajstić information content (AvgIpc) is 2.95. The third kappa shape index (κ3) is 3.06. The van der Waals surface area contributed by atoms with Gasteiger partial charge in [-0.25, -0.2) is 4.98 Å². The normalized spacial score (nSPS) is 11.0. The van der Waals surface area contributed by atoms with Crippen molar-refractivity contribution in [1.29, 1.82) is 0 Å². The van der Waals surface area contributed by atoms with Crippen LogP contribution in [0, 0.1) is 0 Å². The summed E-state index contributed by atoms with van der Waals surface area (Å²) < 4.78 is 5.24. The average molecular weight is 296 g/mol. The van der Waals surface area contributed by atoms with Crippen molar-refractivity contribution in [2.24, 2.45) is 10.8 Å². The molecule has 0 saturated carbocycles. The SMILES string of the molecule is NC(=S)NN=Cc1ccc(-c2ccc3ocnc3c2)cc1. The van der Waals surface area contributed by atoms with Crippen LogP contribution in [0.4, 0.5) is 0 Å². The zero-order valence-corrected chi connectivity index (χ0v) is 11.8. The first-order valence-electron chi connectivity index (χ1n) is 6.24. The van der Waals surface area contributed by atoms with Crippen LogP contribution in [-0.2, 0) is 0 Å². The monoisotopic (exact) mass is 296 g/mol. The fourth-order valence-corrected chi connectivity index (χ4v) is 2.02. The first kappa shape index (κ1) is 13.3. The zero-order chi connectivity index (χ0) is 14.7. The lowest BCUT2D eigenvalue weighted by atomic mass is 10.0. The molecule has 0 bridgehead atoms. The van der Waals surface area contributed by atoms with Gasteiger partial charge in [-0.1, -0.05) is 30.3 Å². The summed E-state index contributed by atoms with van der Waals surface area (Å²) in [5.74, 6) is 0. The molecule has 6 heteroatoms. The maximum absolute atomic E-state index is 5.29. The van der Waals surface area contributed by atoms with E-state index >= 15 is 0 Å². The van der Waals surface area contributed by atoms with Crippen molar-refractivity contribution in [2.45, 2.75) is 0 Å². The number of oxazole rings is 1. The third-order valence-corrected chi connectivity index (χ3v) is 3.05. The molecule has 0 aliphatic heterocycles. The molecule has 0 fully saturated rings. The zero-order valence-electron chi connectivity index (χ0n) is 11.0. The van der Waals surface area contributed by atoms with Gasteiger partial charge in [-0.05, 0) is 41.0 Å². The number of aromatic nitrogens is 1. The maximum atomic E-state index is 5.29. The van der Waals surface area contributed by atoms with E-state index < -0.39 is 0 Å². The number of benzene rings is 2. The molecular formula is C15H12N4OS. The first-order valence-corrected chi connectivity index (χ1v) is 6.65. The minimum Gasteiger partial charge on any atom is -0.443 e. The Morgan fingerprint density at radius 2 is 1.95 bits per heavy atom. The minimum atomic E-state index is 0.142. The summed E-state index contributed by atoms with van der Waals surface area (Å²) in [6.07, 6.45) is 3.10. The topological polar surface area (TPSA) is 76.4 Å². The maximum Gasteiger partial charge on any atom is 0.184 e. The summed E-state index contributed by atoms with van der Waals surface area (Å²) in [5.41, 5.74) is 12.6. The highest BCUT2D eigenvalue weighted by molar-refractivity contribution is 7.80. The molecule has 3 aromatic rings. The molecule has 0 aliphatic carbocycles. The van der Waals surface area contributed by atoms with E-state index in [1.54, 1.807) is 6.21 Å². The first-order chi connectivity index (χ1) is 10.2. The lowest BCUT2D eigenvalue weighted by Crippen LogP contribution is -2.23. The molecule has 3 rings (SSSR count).